The molecule has 1 aromatic rings. The van der Waals surface area contributed by atoms with Gasteiger partial charge in [-0.2, -0.15) is 5.10 Å². The van der Waals surface area contributed by atoms with E-state index in [0.717, 1.165) is 11.3 Å². The molecule has 1 N–H and O–H groups in total. The highest BCUT2D eigenvalue weighted by Gasteiger charge is 2.26. The Kier molecular flexibility index (Phi) is 3.12. The first-order valence-electron chi connectivity index (χ1n) is 5.62. The van der Waals surface area contributed by atoms with Crippen LogP contribution in [0.15, 0.2) is 0 Å². The van der Waals surface area contributed by atoms with Crippen molar-refractivity contribution in [2.24, 2.45) is 0 Å². The third-order valence-electron chi connectivity index (χ3n) is 2.85. The van der Waals surface area contributed by atoms with Crippen LogP contribution >= 0.6 is 0 Å². The molecular weight excluding hydrogens is 222 g/mol. The summed E-state index contributed by atoms with van der Waals surface area (Å²) in [4.78, 5) is 24.7. The topological polar surface area (TPSA) is 75.3 Å². The molecule has 0 aromatic carbocycles. The molecule has 6 nitrogen and oxygen atoms in total. The maximum Gasteiger partial charge on any atom is 0.359 e. The van der Waals surface area contributed by atoms with Crippen LogP contribution in [0.25, 0.3) is 0 Å². The van der Waals surface area contributed by atoms with Gasteiger partial charge in [0, 0.05) is 37.7 Å². The van der Waals surface area contributed by atoms with Crippen molar-refractivity contribution in [2.45, 2.75) is 26.8 Å². The summed E-state index contributed by atoms with van der Waals surface area (Å²) in [6, 6.07) is 0. The number of hydrogen-bond acceptors (Lipinski definition) is 4. The molecule has 1 aliphatic rings. The standard InChI is InChI=1S/C11H15N3O3/c1-3-17-11(16)10-8-6-14(7(2)15)5-4-9(8)12-13-10/h3-6H2,1-2H3,(H,12,13). The number of aromatic nitrogens is 2. The lowest BCUT2D eigenvalue weighted by Gasteiger charge is -2.25. The van der Waals surface area contributed by atoms with Crippen LogP contribution in [0.1, 0.15) is 35.6 Å². The van der Waals surface area contributed by atoms with Crippen LogP contribution in [0.3, 0.4) is 0 Å². The van der Waals surface area contributed by atoms with Crippen molar-refractivity contribution in [1.82, 2.24) is 15.1 Å². The molecule has 0 saturated carbocycles. The third-order valence-corrected chi connectivity index (χ3v) is 2.85. The first-order valence-corrected chi connectivity index (χ1v) is 5.62. The minimum atomic E-state index is -0.435. The summed E-state index contributed by atoms with van der Waals surface area (Å²) >= 11 is 0. The predicted molar refractivity (Wildman–Crippen MR) is 59.3 cm³/mol. The van der Waals surface area contributed by atoms with Gasteiger partial charge in [-0.15, -0.1) is 0 Å². The van der Waals surface area contributed by atoms with Gasteiger partial charge >= 0.3 is 5.97 Å². The number of carbonyl (C=O) groups is 2. The van der Waals surface area contributed by atoms with Crippen LogP contribution in [0.5, 0.6) is 0 Å². The van der Waals surface area contributed by atoms with Crippen molar-refractivity contribution in [3.8, 4) is 0 Å². The van der Waals surface area contributed by atoms with E-state index in [1.165, 1.54) is 6.92 Å². The van der Waals surface area contributed by atoms with Crippen molar-refractivity contribution < 1.29 is 14.3 Å². The Hall–Kier alpha value is -1.85. The number of H-pyrrole nitrogens is 1. The van der Waals surface area contributed by atoms with Crippen LogP contribution in [0, 0.1) is 0 Å². The summed E-state index contributed by atoms with van der Waals surface area (Å²) in [6.07, 6.45) is 0.696. The largest absolute Gasteiger partial charge is 0.461 e. The van der Waals surface area contributed by atoms with Gasteiger partial charge in [0.25, 0.3) is 0 Å². The van der Waals surface area contributed by atoms with Gasteiger partial charge < -0.3 is 9.64 Å². The Labute approximate surface area is 98.9 Å². The summed E-state index contributed by atoms with van der Waals surface area (Å²) in [5, 5.41) is 6.81. The number of aromatic amines is 1. The lowest BCUT2D eigenvalue weighted by atomic mass is 10.1. The molecule has 0 aliphatic carbocycles. The second-order valence-electron chi connectivity index (χ2n) is 3.94. The average Bonchev–Trinajstić information content (AvgIpc) is 2.71. The molecule has 1 amide bonds. The van der Waals surface area contributed by atoms with E-state index in [1.807, 2.05) is 0 Å². The van der Waals surface area contributed by atoms with Gasteiger partial charge in [0.15, 0.2) is 5.69 Å². The number of hydrogen-bond donors (Lipinski definition) is 1. The quantitative estimate of drug-likeness (QED) is 0.759. The molecule has 17 heavy (non-hydrogen) atoms. The van der Waals surface area contributed by atoms with Crippen LogP contribution in [0.2, 0.25) is 0 Å². The first kappa shape index (κ1) is 11.6. The minimum absolute atomic E-state index is 0.00617. The summed E-state index contributed by atoms with van der Waals surface area (Å²) in [5.74, 6) is -0.429. The molecule has 92 valence electrons. The van der Waals surface area contributed by atoms with Crippen molar-refractivity contribution in [3.63, 3.8) is 0 Å². The fourth-order valence-electron chi connectivity index (χ4n) is 1.93. The van der Waals surface area contributed by atoms with Crippen molar-refractivity contribution in [1.29, 1.82) is 0 Å². The molecule has 2 heterocycles. The third kappa shape index (κ3) is 2.15. The van der Waals surface area contributed by atoms with E-state index in [4.69, 9.17) is 4.74 Å². The molecule has 0 atom stereocenters. The maximum absolute atomic E-state index is 11.6. The molecule has 2 rings (SSSR count). The van der Waals surface area contributed by atoms with E-state index in [0.29, 0.717) is 31.8 Å². The number of fused-ring (bicyclic) bond motifs is 1. The number of carbonyl (C=O) groups excluding carboxylic acids is 2. The predicted octanol–water partition coefficient (Wildman–Crippen LogP) is 0.491. The molecule has 0 spiro atoms. The fourth-order valence-corrected chi connectivity index (χ4v) is 1.93. The van der Waals surface area contributed by atoms with E-state index in [1.54, 1.807) is 11.8 Å². The Morgan fingerprint density at radius 3 is 2.94 bits per heavy atom. The first-order chi connectivity index (χ1) is 8.13. The Balaban J connectivity index is 2.25. The van der Waals surface area contributed by atoms with E-state index < -0.39 is 5.97 Å². The van der Waals surface area contributed by atoms with Crippen LogP contribution in [-0.2, 0) is 22.5 Å². The number of rotatable bonds is 2. The summed E-state index contributed by atoms with van der Waals surface area (Å²) < 4.78 is 4.92. The van der Waals surface area contributed by atoms with E-state index >= 15 is 0 Å². The normalized spacial score (nSPS) is 14.4. The summed E-state index contributed by atoms with van der Waals surface area (Å²) in [6.45, 7) is 4.67. The monoisotopic (exact) mass is 237 g/mol. The van der Waals surface area contributed by atoms with Gasteiger partial charge in [0.05, 0.1) is 6.61 Å². The zero-order chi connectivity index (χ0) is 12.4. The number of esters is 1. The molecule has 0 fully saturated rings. The highest BCUT2D eigenvalue weighted by atomic mass is 16.5. The van der Waals surface area contributed by atoms with Gasteiger partial charge in [-0.1, -0.05) is 0 Å². The maximum atomic E-state index is 11.6. The smallest absolute Gasteiger partial charge is 0.359 e. The average molecular weight is 237 g/mol. The van der Waals surface area contributed by atoms with Crippen molar-refractivity contribution >= 4 is 11.9 Å². The molecule has 1 aliphatic heterocycles. The Morgan fingerprint density at radius 2 is 2.29 bits per heavy atom. The lowest BCUT2D eigenvalue weighted by molar-refractivity contribution is -0.129. The number of nitrogens with zero attached hydrogens (tertiary/aromatic N) is 2. The molecule has 0 unspecified atom stereocenters. The van der Waals surface area contributed by atoms with Crippen molar-refractivity contribution in [3.05, 3.63) is 17.0 Å². The number of nitrogens with one attached hydrogen (secondary N) is 1. The van der Waals surface area contributed by atoms with Gasteiger partial charge in [-0.25, -0.2) is 4.79 Å². The Bertz CT molecular complexity index is 453. The molecule has 6 heteroatoms. The number of amides is 1. The highest BCUT2D eigenvalue weighted by molar-refractivity contribution is 5.89. The fraction of sp³-hybridized carbons (Fsp3) is 0.545. The van der Waals surface area contributed by atoms with Crippen LogP contribution in [-0.4, -0.2) is 40.1 Å². The SMILES string of the molecule is CCOC(=O)c1n[nH]c2c1CN(C(C)=O)CC2. The molecule has 1 aromatic heterocycles. The van der Waals surface area contributed by atoms with Gasteiger partial charge in [0.2, 0.25) is 5.91 Å². The van der Waals surface area contributed by atoms with Gasteiger partial charge in [-0.3, -0.25) is 9.89 Å². The summed E-state index contributed by atoms with van der Waals surface area (Å²) in [7, 11) is 0. The van der Waals surface area contributed by atoms with Gasteiger partial charge in [0.1, 0.15) is 0 Å². The molecule has 0 radical (unpaired) electrons. The highest BCUT2D eigenvalue weighted by Crippen LogP contribution is 2.20. The molecule has 0 saturated heterocycles. The minimum Gasteiger partial charge on any atom is -0.461 e. The molecular formula is C11H15N3O3. The second kappa shape index (κ2) is 4.57. The van der Waals surface area contributed by atoms with E-state index in [-0.39, 0.29) is 5.91 Å². The zero-order valence-corrected chi connectivity index (χ0v) is 9.95. The summed E-state index contributed by atoms with van der Waals surface area (Å²) in [5.41, 5.74) is 2.00. The zero-order valence-electron chi connectivity index (χ0n) is 9.95. The van der Waals surface area contributed by atoms with Gasteiger partial charge in [-0.05, 0) is 6.92 Å². The second-order valence-corrected chi connectivity index (χ2v) is 3.94. The Morgan fingerprint density at radius 1 is 1.53 bits per heavy atom. The van der Waals surface area contributed by atoms with Crippen molar-refractivity contribution in [2.75, 3.05) is 13.2 Å². The lowest BCUT2D eigenvalue weighted by Crippen LogP contribution is -2.34. The molecule has 0 bridgehead atoms. The van der Waals surface area contributed by atoms with E-state index in [9.17, 15) is 9.59 Å². The van der Waals surface area contributed by atoms with E-state index in [2.05, 4.69) is 10.2 Å². The number of ether oxygens (including phenoxy) is 1. The van der Waals surface area contributed by atoms with Crippen LogP contribution < -0.4 is 0 Å². The van der Waals surface area contributed by atoms with Crippen LogP contribution in [0.4, 0.5) is 0 Å².